The number of carbonyl (C=O) groups excluding carboxylic acids is 1. The summed E-state index contributed by atoms with van der Waals surface area (Å²) in [7, 11) is 4.81. The summed E-state index contributed by atoms with van der Waals surface area (Å²) in [4.78, 5) is 13.7. The third-order valence-electron chi connectivity index (χ3n) is 3.22. The summed E-state index contributed by atoms with van der Waals surface area (Å²) in [6.07, 6.45) is 0.987. The fourth-order valence-corrected chi connectivity index (χ4v) is 2.05. The molecule has 0 heterocycles. The van der Waals surface area contributed by atoms with Gasteiger partial charge in [-0.3, -0.25) is 4.90 Å². The number of ether oxygens (including phenoxy) is 3. The van der Waals surface area contributed by atoms with E-state index < -0.39 is 0 Å². The van der Waals surface area contributed by atoms with Gasteiger partial charge in [-0.15, -0.1) is 0 Å². The van der Waals surface area contributed by atoms with E-state index in [1.54, 1.807) is 26.4 Å². The van der Waals surface area contributed by atoms with Crippen molar-refractivity contribution in [2.45, 2.75) is 13.0 Å². The van der Waals surface area contributed by atoms with Crippen LogP contribution in [0.25, 0.3) is 0 Å². The maximum absolute atomic E-state index is 11.4. The molecule has 0 fully saturated rings. The largest absolute Gasteiger partial charge is 0.465 e. The lowest BCUT2D eigenvalue weighted by Gasteiger charge is -2.22. The number of methoxy groups -OCH3 is 3. The van der Waals surface area contributed by atoms with E-state index in [4.69, 9.17) is 14.2 Å². The minimum Gasteiger partial charge on any atom is -0.465 e. The third-order valence-corrected chi connectivity index (χ3v) is 3.22. The Morgan fingerprint density at radius 3 is 2.24 bits per heavy atom. The Kier molecular flexibility index (Phi) is 8.66. The van der Waals surface area contributed by atoms with E-state index in [1.165, 1.54) is 7.11 Å². The lowest BCUT2D eigenvalue weighted by atomic mass is 10.1. The Hall–Kier alpha value is -1.43. The molecule has 1 rings (SSSR count). The van der Waals surface area contributed by atoms with Gasteiger partial charge >= 0.3 is 5.97 Å². The van der Waals surface area contributed by atoms with Crippen LogP contribution in [0.3, 0.4) is 0 Å². The Bertz CT molecular complexity index is 405. The van der Waals surface area contributed by atoms with E-state index in [0.717, 1.165) is 38.2 Å². The fraction of sp³-hybridized carbons (Fsp3) is 0.562. The average Bonchev–Trinajstić information content (AvgIpc) is 2.52. The van der Waals surface area contributed by atoms with Gasteiger partial charge in [0.1, 0.15) is 0 Å². The minimum absolute atomic E-state index is 0.308. The fourth-order valence-electron chi connectivity index (χ4n) is 2.05. The van der Waals surface area contributed by atoms with Crippen LogP contribution in [-0.4, -0.2) is 58.5 Å². The highest BCUT2D eigenvalue weighted by molar-refractivity contribution is 5.89. The predicted octanol–water partition coefficient (Wildman–Crippen LogP) is 1.96. The first kappa shape index (κ1) is 17.6. The molecule has 0 aliphatic carbocycles. The average molecular weight is 295 g/mol. The highest BCUT2D eigenvalue weighted by atomic mass is 16.5. The summed E-state index contributed by atoms with van der Waals surface area (Å²) < 4.78 is 14.9. The summed E-state index contributed by atoms with van der Waals surface area (Å²) >= 11 is 0. The number of benzene rings is 1. The summed E-state index contributed by atoms with van der Waals surface area (Å²) in [5.41, 5.74) is 1.74. The number of carbonyl (C=O) groups is 1. The molecule has 1 aromatic carbocycles. The summed E-state index contributed by atoms with van der Waals surface area (Å²) in [6.45, 7) is 4.11. The van der Waals surface area contributed by atoms with Gasteiger partial charge in [-0.2, -0.15) is 0 Å². The van der Waals surface area contributed by atoms with Crippen LogP contribution in [0.1, 0.15) is 22.3 Å². The molecule has 0 N–H and O–H groups in total. The number of esters is 1. The van der Waals surface area contributed by atoms with Crippen molar-refractivity contribution in [2.24, 2.45) is 0 Å². The summed E-state index contributed by atoms with van der Waals surface area (Å²) in [6, 6.07) is 7.51. The standard InChI is InChI=1S/C16H25NO4/c1-19-11-4-9-17(10-12-20-2)13-14-5-7-15(8-6-14)16(18)21-3/h5-8H,4,9-13H2,1-3H3. The molecule has 0 aliphatic rings. The second-order valence-electron chi connectivity index (χ2n) is 4.80. The summed E-state index contributed by atoms with van der Waals surface area (Å²) in [5, 5.41) is 0. The zero-order valence-electron chi connectivity index (χ0n) is 13.1. The topological polar surface area (TPSA) is 48.0 Å². The van der Waals surface area contributed by atoms with Crippen molar-refractivity contribution < 1.29 is 19.0 Å². The molecule has 0 radical (unpaired) electrons. The van der Waals surface area contributed by atoms with Crippen molar-refractivity contribution in [3.63, 3.8) is 0 Å². The van der Waals surface area contributed by atoms with Crippen LogP contribution in [0.15, 0.2) is 24.3 Å². The zero-order valence-corrected chi connectivity index (χ0v) is 13.1. The van der Waals surface area contributed by atoms with Crippen LogP contribution in [0, 0.1) is 0 Å². The third kappa shape index (κ3) is 6.71. The van der Waals surface area contributed by atoms with Gasteiger partial charge in [-0.1, -0.05) is 12.1 Å². The molecule has 5 heteroatoms. The Balaban J connectivity index is 2.57. The van der Waals surface area contributed by atoms with Crippen molar-refractivity contribution in [3.05, 3.63) is 35.4 Å². The molecule has 0 aromatic heterocycles. The second-order valence-corrected chi connectivity index (χ2v) is 4.80. The highest BCUT2D eigenvalue weighted by Crippen LogP contribution is 2.09. The molecule has 21 heavy (non-hydrogen) atoms. The monoisotopic (exact) mass is 295 g/mol. The first-order valence-electron chi connectivity index (χ1n) is 7.08. The highest BCUT2D eigenvalue weighted by Gasteiger charge is 2.08. The molecule has 0 aliphatic heterocycles. The Labute approximate surface area is 126 Å². The van der Waals surface area contributed by atoms with E-state index in [0.29, 0.717) is 12.2 Å². The molecule has 0 amide bonds. The number of rotatable bonds is 10. The van der Waals surface area contributed by atoms with Gasteiger partial charge in [-0.05, 0) is 24.1 Å². The van der Waals surface area contributed by atoms with Gasteiger partial charge in [0.15, 0.2) is 0 Å². The Morgan fingerprint density at radius 1 is 1.00 bits per heavy atom. The molecular weight excluding hydrogens is 270 g/mol. The van der Waals surface area contributed by atoms with Crippen LogP contribution < -0.4 is 0 Å². The van der Waals surface area contributed by atoms with Crippen LogP contribution in [0.5, 0.6) is 0 Å². The number of nitrogens with zero attached hydrogens (tertiary/aromatic N) is 1. The molecule has 1 aromatic rings. The molecule has 118 valence electrons. The van der Waals surface area contributed by atoms with Crippen molar-refractivity contribution in [1.82, 2.24) is 4.90 Å². The molecule has 0 saturated carbocycles. The quantitative estimate of drug-likeness (QED) is 0.488. The van der Waals surface area contributed by atoms with E-state index in [1.807, 2.05) is 12.1 Å². The van der Waals surface area contributed by atoms with Crippen molar-refractivity contribution in [3.8, 4) is 0 Å². The first-order valence-corrected chi connectivity index (χ1v) is 7.08. The molecule has 0 atom stereocenters. The second kappa shape index (κ2) is 10.3. The van der Waals surface area contributed by atoms with E-state index in [9.17, 15) is 4.79 Å². The van der Waals surface area contributed by atoms with Crippen molar-refractivity contribution in [1.29, 1.82) is 0 Å². The normalized spacial score (nSPS) is 10.9. The van der Waals surface area contributed by atoms with E-state index >= 15 is 0 Å². The first-order chi connectivity index (χ1) is 10.2. The van der Waals surface area contributed by atoms with Crippen LogP contribution in [-0.2, 0) is 20.8 Å². The van der Waals surface area contributed by atoms with Gasteiger partial charge in [-0.25, -0.2) is 4.79 Å². The van der Waals surface area contributed by atoms with Crippen molar-refractivity contribution in [2.75, 3.05) is 47.6 Å². The predicted molar refractivity (Wildman–Crippen MR) is 81.4 cm³/mol. The minimum atomic E-state index is -0.308. The van der Waals surface area contributed by atoms with Crippen LogP contribution in [0.4, 0.5) is 0 Å². The van der Waals surface area contributed by atoms with Crippen LogP contribution >= 0.6 is 0 Å². The SMILES string of the molecule is COCCCN(CCOC)Cc1ccc(C(=O)OC)cc1. The van der Waals surface area contributed by atoms with Gasteiger partial charge in [0.05, 0.1) is 19.3 Å². The number of hydrogen-bond donors (Lipinski definition) is 0. The maximum atomic E-state index is 11.4. The Morgan fingerprint density at radius 2 is 1.67 bits per heavy atom. The molecule has 0 bridgehead atoms. The van der Waals surface area contributed by atoms with Crippen LogP contribution in [0.2, 0.25) is 0 Å². The van der Waals surface area contributed by atoms with E-state index in [-0.39, 0.29) is 5.97 Å². The van der Waals surface area contributed by atoms with Gasteiger partial charge < -0.3 is 14.2 Å². The molecule has 0 spiro atoms. The number of hydrogen-bond acceptors (Lipinski definition) is 5. The van der Waals surface area contributed by atoms with Gasteiger partial charge in [0.25, 0.3) is 0 Å². The zero-order chi connectivity index (χ0) is 15.5. The molecule has 0 unspecified atom stereocenters. The molecule has 5 nitrogen and oxygen atoms in total. The van der Waals surface area contributed by atoms with E-state index in [2.05, 4.69) is 4.90 Å². The lowest BCUT2D eigenvalue weighted by molar-refractivity contribution is 0.0600. The van der Waals surface area contributed by atoms with Gasteiger partial charge in [0.2, 0.25) is 0 Å². The summed E-state index contributed by atoms with van der Waals surface area (Å²) in [5.74, 6) is -0.308. The maximum Gasteiger partial charge on any atom is 0.337 e. The molecule has 0 saturated heterocycles. The lowest BCUT2D eigenvalue weighted by Crippen LogP contribution is -2.28. The van der Waals surface area contributed by atoms with Crippen molar-refractivity contribution >= 4 is 5.97 Å². The smallest absolute Gasteiger partial charge is 0.337 e. The van der Waals surface area contributed by atoms with Gasteiger partial charge in [0, 0.05) is 40.5 Å². The molecular formula is C16H25NO4.